The highest BCUT2D eigenvalue weighted by molar-refractivity contribution is 5.95. The Kier molecular flexibility index (Phi) is 5.37. The number of benzene rings is 1. The molecule has 2 saturated heterocycles. The van der Waals surface area contributed by atoms with Crippen LogP contribution in [-0.4, -0.2) is 52.8 Å². The summed E-state index contributed by atoms with van der Waals surface area (Å²) in [7, 11) is 0. The molecule has 2 aliphatic rings. The average Bonchev–Trinajstić information content (AvgIpc) is 3.02. The quantitative estimate of drug-likeness (QED) is 0.819. The van der Waals surface area contributed by atoms with Crippen molar-refractivity contribution in [3.8, 4) is 0 Å². The van der Waals surface area contributed by atoms with Crippen molar-refractivity contribution >= 4 is 22.7 Å². The number of hydrogen-bond acceptors (Lipinski definition) is 3. The van der Waals surface area contributed by atoms with Crippen LogP contribution in [-0.2, 0) is 4.79 Å². The highest BCUT2D eigenvalue weighted by Crippen LogP contribution is 2.23. The lowest BCUT2D eigenvalue weighted by Gasteiger charge is -2.34. The maximum Gasteiger partial charge on any atom is 0.272 e. The first-order valence-electron chi connectivity index (χ1n) is 10.2. The molecule has 2 aromatic rings. The molecule has 2 fully saturated rings. The van der Waals surface area contributed by atoms with E-state index < -0.39 is 0 Å². The lowest BCUT2D eigenvalue weighted by molar-refractivity contribution is -0.136. The number of pyridine rings is 1. The average molecular weight is 365 g/mol. The zero-order valence-electron chi connectivity index (χ0n) is 15.8. The molecule has 0 aliphatic carbocycles. The molecule has 0 radical (unpaired) electrons. The molecular formula is C22H27N3O2. The number of amides is 2. The Labute approximate surface area is 160 Å². The standard InChI is InChI=1S/C22H27N3O2/c26-21(24-13-5-1-2-6-14-24)18-11-15-25(16-12-18)22(27)20-10-9-17-7-3-4-8-19(17)23-20/h3-4,7-10,18H,1-2,5-6,11-16H2. The predicted molar refractivity (Wildman–Crippen MR) is 105 cm³/mol. The van der Waals surface area contributed by atoms with Gasteiger partial charge in [-0.3, -0.25) is 9.59 Å². The minimum Gasteiger partial charge on any atom is -0.342 e. The number of likely N-dealkylation sites (tertiary alicyclic amines) is 2. The predicted octanol–water partition coefficient (Wildman–Crippen LogP) is 3.49. The molecule has 4 rings (SSSR count). The maximum atomic E-state index is 12.8. The van der Waals surface area contributed by atoms with Crippen molar-refractivity contribution in [1.82, 2.24) is 14.8 Å². The molecule has 0 spiro atoms. The van der Waals surface area contributed by atoms with E-state index in [4.69, 9.17) is 0 Å². The van der Waals surface area contributed by atoms with E-state index in [2.05, 4.69) is 9.88 Å². The van der Waals surface area contributed by atoms with Crippen molar-refractivity contribution in [1.29, 1.82) is 0 Å². The van der Waals surface area contributed by atoms with Crippen LogP contribution in [0.25, 0.3) is 10.9 Å². The summed E-state index contributed by atoms with van der Waals surface area (Å²) in [6.45, 7) is 3.08. The van der Waals surface area contributed by atoms with Gasteiger partial charge in [0.15, 0.2) is 0 Å². The third kappa shape index (κ3) is 3.97. The fraction of sp³-hybridized carbons (Fsp3) is 0.500. The number of fused-ring (bicyclic) bond motifs is 1. The molecule has 0 atom stereocenters. The summed E-state index contributed by atoms with van der Waals surface area (Å²) >= 11 is 0. The fourth-order valence-electron chi connectivity index (χ4n) is 4.23. The molecule has 0 N–H and O–H groups in total. The van der Waals surface area contributed by atoms with Crippen LogP contribution >= 0.6 is 0 Å². The molecule has 27 heavy (non-hydrogen) atoms. The molecule has 0 bridgehead atoms. The Morgan fingerprint density at radius 1 is 0.815 bits per heavy atom. The third-order valence-corrected chi connectivity index (χ3v) is 5.87. The zero-order chi connectivity index (χ0) is 18.6. The van der Waals surface area contributed by atoms with Gasteiger partial charge in [-0.05, 0) is 37.8 Å². The lowest BCUT2D eigenvalue weighted by atomic mass is 9.95. The van der Waals surface area contributed by atoms with Crippen LogP contribution in [0, 0.1) is 5.92 Å². The molecule has 2 aliphatic heterocycles. The number of nitrogens with zero attached hydrogens (tertiary/aromatic N) is 3. The van der Waals surface area contributed by atoms with Crippen LogP contribution in [0.1, 0.15) is 49.0 Å². The largest absolute Gasteiger partial charge is 0.342 e. The van der Waals surface area contributed by atoms with Crippen molar-refractivity contribution in [2.45, 2.75) is 38.5 Å². The second kappa shape index (κ2) is 8.07. The number of aromatic nitrogens is 1. The van der Waals surface area contributed by atoms with Crippen LogP contribution in [0.2, 0.25) is 0 Å². The summed E-state index contributed by atoms with van der Waals surface area (Å²) in [5.74, 6) is 0.339. The summed E-state index contributed by atoms with van der Waals surface area (Å²) in [5, 5.41) is 1.04. The van der Waals surface area contributed by atoms with Crippen LogP contribution in [0.5, 0.6) is 0 Å². The molecule has 1 aromatic heterocycles. The minimum absolute atomic E-state index is 0.0265. The van der Waals surface area contributed by atoms with Gasteiger partial charge < -0.3 is 9.80 Å². The fourth-order valence-corrected chi connectivity index (χ4v) is 4.23. The van der Waals surface area contributed by atoms with E-state index in [0.717, 1.165) is 49.7 Å². The van der Waals surface area contributed by atoms with E-state index in [9.17, 15) is 9.59 Å². The molecule has 3 heterocycles. The summed E-state index contributed by atoms with van der Waals surface area (Å²) in [4.78, 5) is 34.1. The first-order chi connectivity index (χ1) is 13.2. The SMILES string of the molecule is O=C(c1ccc2ccccc2n1)N1CCC(C(=O)N2CCCCCC2)CC1. The van der Waals surface area contributed by atoms with Gasteiger partial charge in [0.25, 0.3) is 5.91 Å². The van der Waals surface area contributed by atoms with E-state index >= 15 is 0 Å². The first kappa shape index (κ1) is 18.0. The highest BCUT2D eigenvalue weighted by atomic mass is 16.2. The number of para-hydroxylation sites is 1. The van der Waals surface area contributed by atoms with Gasteiger partial charge in [-0.1, -0.05) is 37.1 Å². The summed E-state index contributed by atoms with van der Waals surface area (Å²) in [5.41, 5.74) is 1.33. The van der Waals surface area contributed by atoms with Crippen molar-refractivity contribution < 1.29 is 9.59 Å². The molecule has 2 amide bonds. The zero-order valence-corrected chi connectivity index (χ0v) is 15.8. The van der Waals surface area contributed by atoms with Crippen molar-refractivity contribution in [3.63, 3.8) is 0 Å². The topological polar surface area (TPSA) is 53.5 Å². The molecule has 142 valence electrons. The van der Waals surface area contributed by atoms with E-state index in [-0.39, 0.29) is 11.8 Å². The number of carbonyl (C=O) groups excluding carboxylic acids is 2. The number of rotatable bonds is 2. The number of hydrogen-bond donors (Lipinski definition) is 0. The molecule has 0 unspecified atom stereocenters. The van der Waals surface area contributed by atoms with E-state index in [0.29, 0.717) is 24.7 Å². The van der Waals surface area contributed by atoms with Crippen molar-refractivity contribution in [3.05, 3.63) is 42.1 Å². The van der Waals surface area contributed by atoms with Crippen LogP contribution in [0.3, 0.4) is 0 Å². The molecule has 5 heteroatoms. The van der Waals surface area contributed by atoms with Gasteiger partial charge in [0.05, 0.1) is 5.52 Å². The van der Waals surface area contributed by atoms with Crippen LogP contribution < -0.4 is 0 Å². The minimum atomic E-state index is -0.0265. The Hall–Kier alpha value is -2.43. The highest BCUT2D eigenvalue weighted by Gasteiger charge is 2.31. The maximum absolute atomic E-state index is 12.8. The van der Waals surface area contributed by atoms with Gasteiger partial charge >= 0.3 is 0 Å². The normalized spacial score (nSPS) is 19.1. The Morgan fingerprint density at radius 3 is 2.26 bits per heavy atom. The lowest BCUT2D eigenvalue weighted by Crippen LogP contribution is -2.44. The van der Waals surface area contributed by atoms with E-state index in [1.54, 1.807) is 6.07 Å². The van der Waals surface area contributed by atoms with Gasteiger partial charge in [-0.25, -0.2) is 4.98 Å². The second-order valence-electron chi connectivity index (χ2n) is 7.70. The van der Waals surface area contributed by atoms with Crippen molar-refractivity contribution in [2.75, 3.05) is 26.2 Å². The van der Waals surface area contributed by atoms with Crippen LogP contribution in [0.4, 0.5) is 0 Å². The molecule has 0 saturated carbocycles. The monoisotopic (exact) mass is 365 g/mol. The molecule has 5 nitrogen and oxygen atoms in total. The third-order valence-electron chi connectivity index (χ3n) is 5.87. The van der Waals surface area contributed by atoms with E-state index in [1.807, 2.05) is 35.2 Å². The number of carbonyl (C=O) groups is 2. The Balaban J connectivity index is 1.37. The van der Waals surface area contributed by atoms with Crippen molar-refractivity contribution in [2.24, 2.45) is 5.92 Å². The van der Waals surface area contributed by atoms with Gasteiger partial charge in [-0.2, -0.15) is 0 Å². The second-order valence-corrected chi connectivity index (χ2v) is 7.70. The van der Waals surface area contributed by atoms with Gasteiger partial charge in [0.2, 0.25) is 5.91 Å². The molecular weight excluding hydrogens is 338 g/mol. The Bertz CT molecular complexity index is 819. The van der Waals surface area contributed by atoms with Gasteiger partial charge in [0.1, 0.15) is 5.69 Å². The van der Waals surface area contributed by atoms with E-state index in [1.165, 1.54) is 12.8 Å². The number of piperidine rings is 1. The molecule has 1 aromatic carbocycles. The summed E-state index contributed by atoms with van der Waals surface area (Å²) in [6.07, 6.45) is 6.22. The smallest absolute Gasteiger partial charge is 0.272 e. The van der Waals surface area contributed by atoms with Gasteiger partial charge in [0, 0.05) is 37.5 Å². The van der Waals surface area contributed by atoms with Crippen LogP contribution in [0.15, 0.2) is 36.4 Å². The summed E-state index contributed by atoms with van der Waals surface area (Å²) in [6, 6.07) is 11.6. The first-order valence-corrected chi connectivity index (χ1v) is 10.2. The Morgan fingerprint density at radius 2 is 1.52 bits per heavy atom. The van der Waals surface area contributed by atoms with Gasteiger partial charge in [-0.15, -0.1) is 0 Å². The summed E-state index contributed by atoms with van der Waals surface area (Å²) < 4.78 is 0.